The summed E-state index contributed by atoms with van der Waals surface area (Å²) in [7, 11) is 3.18. The summed E-state index contributed by atoms with van der Waals surface area (Å²) in [4.78, 5) is 13.2. The first-order chi connectivity index (χ1) is 15.0. The van der Waals surface area contributed by atoms with Crippen molar-refractivity contribution in [1.82, 2.24) is 4.57 Å². The third-order valence-corrected chi connectivity index (χ3v) is 5.82. The van der Waals surface area contributed by atoms with Gasteiger partial charge in [0.2, 0.25) is 0 Å². The highest BCUT2D eigenvalue weighted by Crippen LogP contribution is 2.45. The number of carbonyl (C=O) groups excluding carboxylic acids is 1. The van der Waals surface area contributed by atoms with Gasteiger partial charge in [0.1, 0.15) is 0 Å². The maximum atomic E-state index is 13.2. The van der Waals surface area contributed by atoms with Crippen molar-refractivity contribution in [2.75, 3.05) is 20.8 Å². The number of hydrogen-bond donors (Lipinski definition) is 1. The van der Waals surface area contributed by atoms with E-state index in [4.69, 9.17) is 25.8 Å². The minimum absolute atomic E-state index is 0.225. The van der Waals surface area contributed by atoms with Crippen molar-refractivity contribution >= 4 is 17.6 Å². The molecule has 0 radical (unpaired) electrons. The monoisotopic (exact) mass is 441 g/mol. The number of aliphatic hydroxyl groups excluding tert-OH is 1. The number of halogens is 1. The van der Waals surface area contributed by atoms with Crippen LogP contribution in [0.25, 0.3) is 22.4 Å². The lowest BCUT2D eigenvalue weighted by Crippen LogP contribution is -2.15. The van der Waals surface area contributed by atoms with Crippen LogP contribution in [-0.2, 0) is 24.3 Å². The first kappa shape index (κ1) is 21.3. The number of carbonyl (C=O) groups is 1. The van der Waals surface area contributed by atoms with Crippen LogP contribution >= 0.6 is 11.6 Å². The van der Waals surface area contributed by atoms with Crippen LogP contribution in [0.1, 0.15) is 28.5 Å². The molecule has 0 atom stereocenters. The Morgan fingerprint density at radius 2 is 1.90 bits per heavy atom. The van der Waals surface area contributed by atoms with Crippen LogP contribution in [0, 0.1) is 0 Å². The van der Waals surface area contributed by atoms with Gasteiger partial charge in [0, 0.05) is 22.7 Å². The summed E-state index contributed by atoms with van der Waals surface area (Å²) >= 11 is 6.25. The summed E-state index contributed by atoms with van der Waals surface area (Å²) in [5.41, 5.74) is 5.07. The molecule has 0 unspecified atom stereocenters. The number of fused-ring (bicyclic) bond motifs is 3. The van der Waals surface area contributed by atoms with E-state index in [2.05, 4.69) is 0 Å². The lowest BCUT2D eigenvalue weighted by molar-refractivity contribution is 0.0528. The Morgan fingerprint density at radius 3 is 2.55 bits per heavy atom. The Balaban J connectivity index is 2.08. The van der Waals surface area contributed by atoms with E-state index < -0.39 is 5.97 Å². The van der Waals surface area contributed by atoms with E-state index in [0.29, 0.717) is 45.6 Å². The van der Waals surface area contributed by atoms with Crippen LogP contribution in [0.15, 0.2) is 36.4 Å². The SMILES string of the molecule is CCOC(=O)c1c(-c2cccc(Cl)c2)c(CO)n2c1-c1cc(OC)c(OC)cc1CC2. The van der Waals surface area contributed by atoms with E-state index in [-0.39, 0.29) is 13.2 Å². The number of ether oxygens (including phenoxy) is 3. The van der Waals surface area contributed by atoms with E-state index in [1.54, 1.807) is 33.3 Å². The Morgan fingerprint density at radius 1 is 1.16 bits per heavy atom. The summed E-state index contributed by atoms with van der Waals surface area (Å²) < 4.78 is 18.4. The summed E-state index contributed by atoms with van der Waals surface area (Å²) in [6.45, 7) is 2.40. The summed E-state index contributed by atoms with van der Waals surface area (Å²) in [6.07, 6.45) is 0.724. The Kier molecular flexibility index (Phi) is 5.94. The molecular formula is C24H24ClNO5. The third-order valence-electron chi connectivity index (χ3n) is 5.58. The number of esters is 1. The van der Waals surface area contributed by atoms with Crippen molar-refractivity contribution in [1.29, 1.82) is 0 Å². The number of aryl methyl sites for hydroxylation is 1. The van der Waals surface area contributed by atoms with Gasteiger partial charge in [0.25, 0.3) is 0 Å². The number of aromatic nitrogens is 1. The molecule has 2 heterocycles. The quantitative estimate of drug-likeness (QED) is 0.560. The predicted octanol–water partition coefficient (Wildman–Crippen LogP) is 4.72. The summed E-state index contributed by atoms with van der Waals surface area (Å²) in [5, 5.41) is 10.9. The number of rotatable bonds is 6. The van der Waals surface area contributed by atoms with Crippen molar-refractivity contribution in [3.63, 3.8) is 0 Å². The maximum absolute atomic E-state index is 13.2. The van der Waals surface area contributed by atoms with E-state index in [1.165, 1.54) is 0 Å². The van der Waals surface area contributed by atoms with Gasteiger partial charge in [-0.05, 0) is 48.7 Å². The fourth-order valence-electron chi connectivity index (χ4n) is 4.30. The molecule has 0 saturated heterocycles. The summed E-state index contributed by atoms with van der Waals surface area (Å²) in [6, 6.07) is 11.1. The van der Waals surface area contributed by atoms with Crippen LogP contribution in [0.2, 0.25) is 5.02 Å². The molecule has 2 aromatic carbocycles. The number of hydrogen-bond acceptors (Lipinski definition) is 5. The maximum Gasteiger partial charge on any atom is 0.340 e. The minimum Gasteiger partial charge on any atom is -0.493 e. The van der Waals surface area contributed by atoms with Gasteiger partial charge in [-0.3, -0.25) is 0 Å². The topological polar surface area (TPSA) is 69.9 Å². The molecule has 4 rings (SSSR count). The average molecular weight is 442 g/mol. The second-order valence-electron chi connectivity index (χ2n) is 7.20. The van der Waals surface area contributed by atoms with Gasteiger partial charge in [-0.25, -0.2) is 4.79 Å². The van der Waals surface area contributed by atoms with Crippen molar-refractivity contribution in [3.05, 3.63) is 58.2 Å². The van der Waals surface area contributed by atoms with Crippen LogP contribution in [-0.4, -0.2) is 36.5 Å². The molecule has 1 N–H and O–H groups in total. The van der Waals surface area contributed by atoms with Gasteiger partial charge in [0.15, 0.2) is 11.5 Å². The second-order valence-corrected chi connectivity index (χ2v) is 7.64. The van der Waals surface area contributed by atoms with Crippen molar-refractivity contribution in [3.8, 4) is 33.9 Å². The van der Waals surface area contributed by atoms with Crippen molar-refractivity contribution in [2.45, 2.75) is 26.5 Å². The number of nitrogens with zero attached hydrogens (tertiary/aromatic N) is 1. The van der Waals surface area contributed by atoms with E-state index in [0.717, 1.165) is 23.1 Å². The van der Waals surface area contributed by atoms with Crippen LogP contribution in [0.4, 0.5) is 0 Å². The van der Waals surface area contributed by atoms with Gasteiger partial charge in [-0.15, -0.1) is 0 Å². The highest BCUT2D eigenvalue weighted by atomic mass is 35.5. The fourth-order valence-corrected chi connectivity index (χ4v) is 4.49. The Bertz CT molecular complexity index is 1150. The first-order valence-electron chi connectivity index (χ1n) is 10.1. The molecule has 7 heteroatoms. The van der Waals surface area contributed by atoms with Gasteiger partial charge in [-0.1, -0.05) is 23.7 Å². The molecule has 0 aliphatic carbocycles. The van der Waals surface area contributed by atoms with Gasteiger partial charge in [0.05, 0.1) is 44.4 Å². The van der Waals surface area contributed by atoms with Gasteiger partial charge in [-0.2, -0.15) is 0 Å². The van der Waals surface area contributed by atoms with E-state index in [1.807, 2.05) is 28.8 Å². The van der Waals surface area contributed by atoms with Gasteiger partial charge >= 0.3 is 5.97 Å². The zero-order valence-electron chi connectivity index (χ0n) is 17.7. The molecule has 1 aromatic heterocycles. The Labute approximate surface area is 185 Å². The highest BCUT2D eigenvalue weighted by molar-refractivity contribution is 6.31. The fraction of sp³-hybridized carbons (Fsp3) is 0.292. The van der Waals surface area contributed by atoms with Gasteiger partial charge < -0.3 is 23.9 Å². The molecule has 0 fully saturated rings. The molecular weight excluding hydrogens is 418 g/mol. The molecule has 31 heavy (non-hydrogen) atoms. The third kappa shape index (κ3) is 3.56. The summed E-state index contributed by atoms with van der Waals surface area (Å²) in [5.74, 6) is 0.764. The van der Waals surface area contributed by atoms with Crippen LogP contribution < -0.4 is 9.47 Å². The molecule has 1 aliphatic heterocycles. The van der Waals surface area contributed by atoms with Crippen molar-refractivity contribution < 1.29 is 24.1 Å². The molecule has 0 bridgehead atoms. The predicted molar refractivity (Wildman–Crippen MR) is 119 cm³/mol. The van der Waals surface area contributed by atoms with Crippen LogP contribution in [0.3, 0.4) is 0 Å². The highest BCUT2D eigenvalue weighted by Gasteiger charge is 2.33. The molecule has 162 valence electrons. The van der Waals surface area contributed by atoms with E-state index >= 15 is 0 Å². The minimum atomic E-state index is -0.441. The molecule has 0 amide bonds. The Hall–Kier alpha value is -2.96. The lowest BCUT2D eigenvalue weighted by atomic mass is 9.93. The largest absolute Gasteiger partial charge is 0.493 e. The zero-order valence-corrected chi connectivity index (χ0v) is 18.5. The van der Waals surface area contributed by atoms with Crippen molar-refractivity contribution in [2.24, 2.45) is 0 Å². The molecule has 0 saturated carbocycles. The zero-order chi connectivity index (χ0) is 22.1. The standard InChI is InChI=1S/C24H24ClNO5/c1-4-31-24(28)22-21(15-6-5-7-16(25)10-15)18(13-27)26-9-8-14-11-19(29-2)20(30-3)12-17(14)23(22)26/h5-7,10-12,27H,4,8-9,13H2,1-3H3. The average Bonchev–Trinajstić information content (AvgIpc) is 3.13. The molecule has 0 spiro atoms. The molecule has 6 nitrogen and oxygen atoms in total. The normalized spacial score (nSPS) is 12.2. The smallest absolute Gasteiger partial charge is 0.340 e. The number of benzene rings is 2. The lowest BCUT2D eigenvalue weighted by Gasteiger charge is -2.23. The number of methoxy groups -OCH3 is 2. The first-order valence-corrected chi connectivity index (χ1v) is 10.5. The molecule has 3 aromatic rings. The number of aliphatic hydroxyl groups is 1. The molecule has 1 aliphatic rings. The van der Waals surface area contributed by atoms with Crippen LogP contribution in [0.5, 0.6) is 11.5 Å². The van der Waals surface area contributed by atoms with E-state index in [9.17, 15) is 9.90 Å². The second kappa shape index (κ2) is 8.65.